The van der Waals surface area contributed by atoms with Gasteiger partial charge in [0.2, 0.25) is 0 Å². The van der Waals surface area contributed by atoms with Gasteiger partial charge in [-0.15, -0.1) is 0 Å². The van der Waals surface area contributed by atoms with Crippen LogP contribution in [0.1, 0.15) is 45.4 Å². The third kappa shape index (κ3) is 2.88. The molecule has 0 aromatic carbocycles. The number of nitrogens with zero attached hydrogens (tertiary/aromatic N) is 1. The number of thioether (sulfide) groups is 1. The molecule has 104 valence electrons. The normalized spacial score (nSPS) is 40.2. The lowest BCUT2D eigenvalue weighted by Gasteiger charge is -2.43. The molecule has 18 heavy (non-hydrogen) atoms. The molecule has 0 aromatic heterocycles. The van der Waals surface area contributed by atoms with E-state index in [0.29, 0.717) is 0 Å². The van der Waals surface area contributed by atoms with Crippen molar-refractivity contribution < 1.29 is 0 Å². The van der Waals surface area contributed by atoms with Crippen molar-refractivity contribution >= 4 is 11.8 Å². The second-order valence-corrected chi connectivity index (χ2v) is 7.85. The van der Waals surface area contributed by atoms with Crippen LogP contribution in [0.15, 0.2) is 0 Å². The maximum absolute atomic E-state index is 3.71. The maximum Gasteiger partial charge on any atom is 0.0212 e. The number of piperidine rings is 1. The largest absolute Gasteiger partial charge is 0.314 e. The molecule has 3 unspecified atom stereocenters. The van der Waals surface area contributed by atoms with Crippen LogP contribution in [0.25, 0.3) is 0 Å². The highest BCUT2D eigenvalue weighted by atomic mass is 32.2. The Morgan fingerprint density at radius 2 is 1.89 bits per heavy atom. The predicted molar refractivity (Wildman–Crippen MR) is 80.3 cm³/mol. The molecule has 3 aliphatic rings. The van der Waals surface area contributed by atoms with E-state index < -0.39 is 0 Å². The van der Waals surface area contributed by atoms with Crippen LogP contribution in [0.5, 0.6) is 0 Å². The molecule has 3 heterocycles. The smallest absolute Gasteiger partial charge is 0.0212 e. The monoisotopic (exact) mass is 268 g/mol. The van der Waals surface area contributed by atoms with E-state index in [-0.39, 0.29) is 0 Å². The Morgan fingerprint density at radius 3 is 2.56 bits per heavy atom. The van der Waals surface area contributed by atoms with Gasteiger partial charge in [-0.3, -0.25) is 4.90 Å². The van der Waals surface area contributed by atoms with Crippen molar-refractivity contribution in [3.63, 3.8) is 0 Å². The fraction of sp³-hybridized carbons (Fsp3) is 1.00. The van der Waals surface area contributed by atoms with E-state index in [0.717, 1.165) is 23.3 Å². The molecule has 3 rings (SSSR count). The standard InChI is InChI=1S/C15H28N2S/c1-12-15(5-3-11-18-12)17-9-6-13(7-10-17)14-4-2-8-16-14/h12-16H,2-11H2,1H3. The van der Waals surface area contributed by atoms with Crippen molar-refractivity contribution in [3.05, 3.63) is 0 Å². The van der Waals surface area contributed by atoms with Crippen LogP contribution in [0.3, 0.4) is 0 Å². The molecule has 3 fully saturated rings. The second-order valence-electron chi connectivity index (χ2n) is 6.36. The Kier molecular flexibility index (Phi) is 4.53. The van der Waals surface area contributed by atoms with Gasteiger partial charge in [-0.2, -0.15) is 11.8 Å². The van der Waals surface area contributed by atoms with Gasteiger partial charge in [-0.1, -0.05) is 6.92 Å². The summed E-state index contributed by atoms with van der Waals surface area (Å²) in [6.45, 7) is 6.43. The Bertz CT molecular complexity index is 257. The first-order valence-corrected chi connectivity index (χ1v) is 8.98. The van der Waals surface area contributed by atoms with Gasteiger partial charge in [0.05, 0.1) is 0 Å². The molecule has 0 amide bonds. The van der Waals surface area contributed by atoms with Crippen LogP contribution in [0.2, 0.25) is 0 Å². The number of nitrogens with one attached hydrogen (secondary N) is 1. The third-order valence-electron chi connectivity index (χ3n) is 5.28. The number of likely N-dealkylation sites (tertiary alicyclic amines) is 1. The highest BCUT2D eigenvalue weighted by Crippen LogP contribution is 2.33. The zero-order chi connectivity index (χ0) is 12.4. The van der Waals surface area contributed by atoms with Crippen LogP contribution in [-0.2, 0) is 0 Å². The van der Waals surface area contributed by atoms with Crippen LogP contribution in [0, 0.1) is 5.92 Å². The molecule has 0 bridgehead atoms. The van der Waals surface area contributed by atoms with Gasteiger partial charge in [-0.05, 0) is 69.8 Å². The molecular weight excluding hydrogens is 240 g/mol. The molecule has 0 aromatic rings. The third-order valence-corrected chi connectivity index (χ3v) is 6.64. The van der Waals surface area contributed by atoms with Crippen molar-refractivity contribution in [1.82, 2.24) is 10.2 Å². The Morgan fingerprint density at radius 1 is 1.06 bits per heavy atom. The molecule has 0 spiro atoms. The lowest BCUT2D eigenvalue weighted by Crippen LogP contribution is -2.49. The fourth-order valence-corrected chi connectivity index (χ4v) is 5.39. The molecule has 0 saturated carbocycles. The van der Waals surface area contributed by atoms with Gasteiger partial charge in [0, 0.05) is 17.3 Å². The molecular formula is C15H28N2S. The second kappa shape index (κ2) is 6.15. The molecule has 3 saturated heterocycles. The number of rotatable bonds is 2. The van der Waals surface area contributed by atoms with Crippen LogP contribution >= 0.6 is 11.8 Å². The van der Waals surface area contributed by atoms with Crippen LogP contribution in [0.4, 0.5) is 0 Å². The molecule has 2 nitrogen and oxygen atoms in total. The van der Waals surface area contributed by atoms with E-state index in [1.54, 1.807) is 0 Å². The zero-order valence-electron chi connectivity index (χ0n) is 11.7. The highest BCUT2D eigenvalue weighted by molar-refractivity contribution is 7.99. The molecule has 0 radical (unpaired) electrons. The van der Waals surface area contributed by atoms with E-state index in [1.165, 1.54) is 63.9 Å². The molecule has 1 N–H and O–H groups in total. The first kappa shape index (κ1) is 13.3. The van der Waals surface area contributed by atoms with Gasteiger partial charge in [0.15, 0.2) is 0 Å². The Balaban J connectivity index is 1.49. The van der Waals surface area contributed by atoms with Gasteiger partial charge in [0.1, 0.15) is 0 Å². The summed E-state index contributed by atoms with van der Waals surface area (Å²) < 4.78 is 0. The summed E-state index contributed by atoms with van der Waals surface area (Å²) in [4.78, 5) is 2.81. The molecule has 3 atom stereocenters. The minimum atomic E-state index is 0.852. The average molecular weight is 268 g/mol. The molecule has 3 aliphatic heterocycles. The van der Waals surface area contributed by atoms with Crippen LogP contribution in [-0.4, -0.2) is 47.6 Å². The van der Waals surface area contributed by atoms with Crippen molar-refractivity contribution in [3.8, 4) is 0 Å². The van der Waals surface area contributed by atoms with Gasteiger partial charge in [0.25, 0.3) is 0 Å². The number of hydrogen-bond donors (Lipinski definition) is 1. The lowest BCUT2D eigenvalue weighted by molar-refractivity contribution is 0.112. The summed E-state index contributed by atoms with van der Waals surface area (Å²) in [5.74, 6) is 2.36. The maximum atomic E-state index is 3.71. The first-order valence-electron chi connectivity index (χ1n) is 7.93. The molecule has 3 heteroatoms. The predicted octanol–water partition coefficient (Wildman–Crippen LogP) is 2.73. The minimum absolute atomic E-state index is 0.852. The fourth-order valence-electron chi connectivity index (χ4n) is 4.15. The Hall–Kier alpha value is 0.270. The van der Waals surface area contributed by atoms with Gasteiger partial charge in [-0.25, -0.2) is 0 Å². The van der Waals surface area contributed by atoms with E-state index in [9.17, 15) is 0 Å². The Labute approximate surface area is 116 Å². The lowest BCUT2D eigenvalue weighted by atomic mass is 9.87. The van der Waals surface area contributed by atoms with E-state index in [1.807, 2.05) is 0 Å². The number of hydrogen-bond acceptors (Lipinski definition) is 3. The quantitative estimate of drug-likeness (QED) is 0.829. The zero-order valence-corrected chi connectivity index (χ0v) is 12.6. The van der Waals surface area contributed by atoms with Crippen molar-refractivity contribution in [1.29, 1.82) is 0 Å². The van der Waals surface area contributed by atoms with Crippen molar-refractivity contribution in [2.45, 2.75) is 62.8 Å². The summed E-state index contributed by atoms with van der Waals surface area (Å²) in [5.41, 5.74) is 0. The molecule has 0 aliphatic carbocycles. The SMILES string of the molecule is CC1SCCCC1N1CCC(C2CCCN2)CC1. The first-order chi connectivity index (χ1) is 8.84. The minimum Gasteiger partial charge on any atom is -0.314 e. The van der Waals surface area contributed by atoms with Crippen molar-refractivity contribution in [2.24, 2.45) is 5.92 Å². The van der Waals surface area contributed by atoms with E-state index in [4.69, 9.17) is 0 Å². The summed E-state index contributed by atoms with van der Waals surface area (Å²) in [6, 6.07) is 1.73. The van der Waals surface area contributed by atoms with Crippen molar-refractivity contribution in [2.75, 3.05) is 25.4 Å². The summed E-state index contributed by atoms with van der Waals surface area (Å²) >= 11 is 2.19. The van der Waals surface area contributed by atoms with Crippen LogP contribution < -0.4 is 5.32 Å². The van der Waals surface area contributed by atoms with E-state index >= 15 is 0 Å². The highest BCUT2D eigenvalue weighted by Gasteiger charge is 2.33. The van der Waals surface area contributed by atoms with Gasteiger partial charge < -0.3 is 5.32 Å². The topological polar surface area (TPSA) is 15.3 Å². The summed E-state index contributed by atoms with van der Waals surface area (Å²) in [5, 5.41) is 4.57. The van der Waals surface area contributed by atoms with E-state index in [2.05, 4.69) is 28.9 Å². The summed E-state index contributed by atoms with van der Waals surface area (Å²) in [7, 11) is 0. The average Bonchev–Trinajstić information content (AvgIpc) is 2.94. The summed E-state index contributed by atoms with van der Waals surface area (Å²) in [6.07, 6.45) is 8.59. The van der Waals surface area contributed by atoms with Gasteiger partial charge >= 0.3 is 0 Å².